The van der Waals surface area contributed by atoms with Crippen molar-refractivity contribution in [1.82, 2.24) is 10.2 Å². The van der Waals surface area contributed by atoms with Gasteiger partial charge in [0, 0.05) is 31.4 Å². The van der Waals surface area contributed by atoms with Gasteiger partial charge in [-0.25, -0.2) is 0 Å². The minimum absolute atomic E-state index is 0.0476. The van der Waals surface area contributed by atoms with E-state index in [4.69, 9.17) is 0 Å². The Kier molecular flexibility index (Phi) is 5.84. The SMILES string of the molecule is CCc1ccc(C2CNCCN2CC(=O)Nc2ccccc2C)cc1. The third-order valence-electron chi connectivity index (χ3n) is 4.89. The number of carbonyl (C=O) groups is 1. The fourth-order valence-electron chi connectivity index (χ4n) is 3.33. The number of amides is 1. The first kappa shape index (κ1) is 17.6. The van der Waals surface area contributed by atoms with E-state index in [-0.39, 0.29) is 11.9 Å². The number of carbonyl (C=O) groups excluding carboxylic acids is 1. The van der Waals surface area contributed by atoms with E-state index in [1.807, 2.05) is 31.2 Å². The predicted octanol–water partition coefficient (Wildman–Crippen LogP) is 3.14. The first-order valence-corrected chi connectivity index (χ1v) is 9.06. The van der Waals surface area contributed by atoms with Gasteiger partial charge in [-0.1, -0.05) is 49.4 Å². The third-order valence-corrected chi connectivity index (χ3v) is 4.89. The molecule has 1 fully saturated rings. The van der Waals surface area contributed by atoms with E-state index >= 15 is 0 Å². The predicted molar refractivity (Wildman–Crippen MR) is 103 cm³/mol. The molecule has 4 heteroatoms. The Labute approximate surface area is 150 Å². The van der Waals surface area contributed by atoms with Gasteiger partial charge < -0.3 is 10.6 Å². The number of benzene rings is 2. The smallest absolute Gasteiger partial charge is 0.238 e. The molecule has 1 atom stereocenters. The standard InChI is InChI=1S/C21H27N3O/c1-3-17-8-10-18(11-9-17)20-14-22-12-13-24(20)15-21(25)23-19-7-5-4-6-16(19)2/h4-11,20,22H,3,12-15H2,1-2H3,(H,23,25). The van der Waals surface area contributed by atoms with Crippen LogP contribution < -0.4 is 10.6 Å². The van der Waals surface area contributed by atoms with Crippen LogP contribution in [0.2, 0.25) is 0 Å². The number of anilines is 1. The van der Waals surface area contributed by atoms with Gasteiger partial charge in [0.2, 0.25) is 5.91 Å². The molecule has 132 valence electrons. The van der Waals surface area contributed by atoms with Crippen molar-refractivity contribution < 1.29 is 4.79 Å². The van der Waals surface area contributed by atoms with Gasteiger partial charge in [0.25, 0.3) is 0 Å². The number of hydrogen-bond donors (Lipinski definition) is 2. The average molecular weight is 337 g/mol. The van der Waals surface area contributed by atoms with Crippen molar-refractivity contribution in [2.24, 2.45) is 0 Å². The summed E-state index contributed by atoms with van der Waals surface area (Å²) in [5.74, 6) is 0.0476. The van der Waals surface area contributed by atoms with E-state index in [9.17, 15) is 4.79 Å². The van der Waals surface area contributed by atoms with Gasteiger partial charge >= 0.3 is 0 Å². The molecular formula is C21H27N3O. The number of nitrogens with zero attached hydrogens (tertiary/aromatic N) is 1. The lowest BCUT2D eigenvalue weighted by atomic mass is 10.0. The molecule has 2 N–H and O–H groups in total. The van der Waals surface area contributed by atoms with Gasteiger partial charge in [-0.2, -0.15) is 0 Å². The van der Waals surface area contributed by atoms with Crippen molar-refractivity contribution in [3.63, 3.8) is 0 Å². The van der Waals surface area contributed by atoms with E-state index in [2.05, 4.69) is 46.7 Å². The molecule has 1 heterocycles. The Balaban J connectivity index is 1.68. The van der Waals surface area contributed by atoms with Crippen LogP contribution in [0.3, 0.4) is 0 Å². The fraction of sp³-hybridized carbons (Fsp3) is 0.381. The van der Waals surface area contributed by atoms with Crippen molar-refractivity contribution in [1.29, 1.82) is 0 Å². The zero-order valence-electron chi connectivity index (χ0n) is 15.1. The second-order valence-electron chi connectivity index (χ2n) is 6.65. The summed E-state index contributed by atoms with van der Waals surface area (Å²) in [7, 11) is 0. The van der Waals surface area contributed by atoms with Crippen molar-refractivity contribution in [3.05, 3.63) is 65.2 Å². The Morgan fingerprint density at radius 1 is 1.20 bits per heavy atom. The van der Waals surface area contributed by atoms with E-state index in [1.54, 1.807) is 0 Å². The highest BCUT2D eigenvalue weighted by Gasteiger charge is 2.25. The van der Waals surface area contributed by atoms with Crippen LogP contribution in [0.25, 0.3) is 0 Å². The third kappa shape index (κ3) is 4.47. The molecule has 4 nitrogen and oxygen atoms in total. The second kappa shape index (κ2) is 8.28. The number of nitrogens with one attached hydrogen (secondary N) is 2. The molecule has 1 aliphatic heterocycles. The fourth-order valence-corrected chi connectivity index (χ4v) is 3.33. The number of hydrogen-bond acceptors (Lipinski definition) is 3. The van der Waals surface area contributed by atoms with E-state index < -0.39 is 0 Å². The van der Waals surface area contributed by atoms with Crippen LogP contribution in [0.5, 0.6) is 0 Å². The zero-order chi connectivity index (χ0) is 17.6. The zero-order valence-corrected chi connectivity index (χ0v) is 15.1. The van der Waals surface area contributed by atoms with E-state index in [1.165, 1.54) is 11.1 Å². The lowest BCUT2D eigenvalue weighted by molar-refractivity contribution is -0.118. The van der Waals surface area contributed by atoms with E-state index in [0.29, 0.717) is 6.54 Å². The summed E-state index contributed by atoms with van der Waals surface area (Å²) in [6, 6.07) is 16.9. The summed E-state index contributed by atoms with van der Waals surface area (Å²) in [6.45, 7) is 7.26. The summed E-state index contributed by atoms with van der Waals surface area (Å²) in [6.07, 6.45) is 1.05. The van der Waals surface area contributed by atoms with Crippen LogP contribution in [-0.4, -0.2) is 37.0 Å². The number of aryl methyl sites for hydroxylation is 2. The summed E-state index contributed by atoms with van der Waals surface area (Å²) in [5.41, 5.74) is 4.60. The van der Waals surface area contributed by atoms with Crippen molar-refractivity contribution in [2.45, 2.75) is 26.3 Å². The normalized spacial score (nSPS) is 18.1. The maximum absolute atomic E-state index is 12.5. The monoisotopic (exact) mass is 337 g/mol. The molecule has 25 heavy (non-hydrogen) atoms. The molecule has 1 unspecified atom stereocenters. The molecule has 1 saturated heterocycles. The second-order valence-corrected chi connectivity index (χ2v) is 6.65. The van der Waals surface area contributed by atoms with E-state index in [0.717, 1.165) is 37.3 Å². The highest BCUT2D eigenvalue weighted by Crippen LogP contribution is 2.23. The summed E-state index contributed by atoms with van der Waals surface area (Å²) < 4.78 is 0. The van der Waals surface area contributed by atoms with Gasteiger partial charge in [0.15, 0.2) is 0 Å². The molecule has 0 bridgehead atoms. The molecule has 2 aromatic rings. The molecule has 3 rings (SSSR count). The van der Waals surface area contributed by atoms with Crippen molar-refractivity contribution in [2.75, 3.05) is 31.5 Å². The van der Waals surface area contributed by atoms with Crippen molar-refractivity contribution in [3.8, 4) is 0 Å². The van der Waals surface area contributed by atoms with Crippen LogP contribution in [0.15, 0.2) is 48.5 Å². The number of piperazine rings is 1. The maximum Gasteiger partial charge on any atom is 0.238 e. The Morgan fingerprint density at radius 3 is 2.68 bits per heavy atom. The molecule has 0 saturated carbocycles. The van der Waals surface area contributed by atoms with Gasteiger partial charge in [-0.15, -0.1) is 0 Å². The van der Waals surface area contributed by atoms with Crippen LogP contribution in [0, 0.1) is 6.92 Å². The molecule has 1 amide bonds. The molecule has 0 radical (unpaired) electrons. The molecule has 0 spiro atoms. The van der Waals surface area contributed by atoms with Crippen molar-refractivity contribution >= 4 is 11.6 Å². The quantitative estimate of drug-likeness (QED) is 0.881. The molecule has 2 aromatic carbocycles. The number of rotatable bonds is 5. The Bertz CT molecular complexity index is 711. The molecule has 1 aliphatic rings. The highest BCUT2D eigenvalue weighted by molar-refractivity contribution is 5.93. The minimum atomic E-state index is 0.0476. The summed E-state index contributed by atoms with van der Waals surface area (Å²) in [5, 5.41) is 6.50. The molecule has 0 aromatic heterocycles. The van der Waals surface area contributed by atoms with Gasteiger partial charge in [0.05, 0.1) is 6.54 Å². The topological polar surface area (TPSA) is 44.4 Å². The molecular weight excluding hydrogens is 310 g/mol. The first-order valence-electron chi connectivity index (χ1n) is 9.06. The summed E-state index contributed by atoms with van der Waals surface area (Å²) >= 11 is 0. The van der Waals surface area contributed by atoms with Crippen LogP contribution in [-0.2, 0) is 11.2 Å². The lowest BCUT2D eigenvalue weighted by Gasteiger charge is -2.36. The highest BCUT2D eigenvalue weighted by atomic mass is 16.2. The van der Waals surface area contributed by atoms with Gasteiger partial charge in [-0.05, 0) is 36.1 Å². The van der Waals surface area contributed by atoms with Crippen LogP contribution >= 0.6 is 0 Å². The Hall–Kier alpha value is -2.17. The lowest BCUT2D eigenvalue weighted by Crippen LogP contribution is -2.48. The van der Waals surface area contributed by atoms with Gasteiger partial charge in [-0.3, -0.25) is 9.69 Å². The van der Waals surface area contributed by atoms with Crippen LogP contribution in [0.1, 0.15) is 29.7 Å². The summed E-state index contributed by atoms with van der Waals surface area (Å²) in [4.78, 5) is 14.8. The maximum atomic E-state index is 12.5. The number of para-hydroxylation sites is 1. The van der Waals surface area contributed by atoms with Crippen LogP contribution in [0.4, 0.5) is 5.69 Å². The largest absolute Gasteiger partial charge is 0.325 e. The van der Waals surface area contributed by atoms with Gasteiger partial charge in [0.1, 0.15) is 0 Å². The minimum Gasteiger partial charge on any atom is -0.325 e. The first-order chi connectivity index (χ1) is 12.2. The Morgan fingerprint density at radius 2 is 1.96 bits per heavy atom. The molecule has 0 aliphatic carbocycles. The average Bonchev–Trinajstić information content (AvgIpc) is 2.64.